The number of rotatable bonds is 0. The number of hydrogen-bond donors (Lipinski definition) is 0. The molecule has 52 valence electrons. The molecule has 0 aliphatic rings. The molecule has 0 radical (unpaired) electrons. The summed E-state index contributed by atoms with van der Waals surface area (Å²) >= 11 is 4.22. The van der Waals surface area contributed by atoms with E-state index in [2.05, 4.69) is 29.4 Å². The van der Waals surface area contributed by atoms with Gasteiger partial charge < -0.3 is 0 Å². The molecule has 0 atom stereocenters. The molecule has 4 heteroatoms. The van der Waals surface area contributed by atoms with Crippen molar-refractivity contribution in [2.75, 3.05) is 0 Å². The molecule has 1 aromatic heterocycles. The van der Waals surface area contributed by atoms with Crippen LogP contribution < -0.4 is 0 Å². The van der Waals surface area contributed by atoms with Crippen LogP contribution >= 0.6 is 15.9 Å². The average molecular weight is 400 g/mol. The van der Waals surface area contributed by atoms with Gasteiger partial charge in [-0.15, -0.1) is 0 Å². The van der Waals surface area contributed by atoms with Gasteiger partial charge in [-0.1, -0.05) is 0 Å². The Balaban J connectivity index is 2.87. The maximum absolute atomic E-state index is 4.24. The first-order valence-corrected chi connectivity index (χ1v) is 5.95. The van der Waals surface area contributed by atoms with E-state index in [4.69, 9.17) is 0 Å². The quantitative estimate of drug-likeness (QED) is 0.616. The van der Waals surface area contributed by atoms with E-state index in [1.54, 1.807) is 0 Å². The normalized spacial score (nSPS) is 10.5. The molecular weight excluding hydrogens is 396 g/mol. The predicted molar refractivity (Wildman–Crippen MR) is 48.6 cm³/mol. The number of fused-ring (bicyclic) bond motifs is 1. The van der Waals surface area contributed by atoms with Crippen molar-refractivity contribution in [2.45, 2.75) is 0 Å². The molecule has 2 nitrogen and oxygen atoms in total. The molecule has 0 aliphatic heterocycles. The second-order valence-corrected chi connectivity index (χ2v) is 5.36. The van der Waals surface area contributed by atoms with Crippen LogP contribution in [0.4, 0.5) is 0 Å². The van der Waals surface area contributed by atoms with Gasteiger partial charge in [0.05, 0.1) is 0 Å². The van der Waals surface area contributed by atoms with Crippen LogP contribution in [0.5, 0.6) is 0 Å². The summed E-state index contributed by atoms with van der Waals surface area (Å²) in [7, 11) is 0. The molecule has 0 saturated carbocycles. The molecule has 11 heavy (non-hydrogen) atoms. The Hall–Kier alpha value is 0.0921. The van der Waals surface area contributed by atoms with Crippen molar-refractivity contribution < 1.29 is 0 Å². The van der Waals surface area contributed by atoms with Crippen molar-refractivity contribution in [1.82, 2.24) is 7.36 Å². The number of aromatic nitrogens is 2. The minimum absolute atomic E-state index is 0.791. The molecule has 0 N–H and O–H groups in total. The minimum atomic E-state index is 0.791. The van der Waals surface area contributed by atoms with Crippen LogP contribution in [-0.4, -0.2) is 33.4 Å². The average Bonchev–Trinajstić information content (AvgIpc) is 2.33. The van der Waals surface area contributed by atoms with Gasteiger partial charge in [0.25, 0.3) is 0 Å². The Morgan fingerprint density at radius 1 is 1.45 bits per heavy atom. The topological polar surface area (TPSA) is 17.8 Å². The van der Waals surface area contributed by atoms with Crippen molar-refractivity contribution >= 4 is 53.0 Å². The van der Waals surface area contributed by atoms with Gasteiger partial charge in [0.2, 0.25) is 0 Å². The molecule has 0 fully saturated rings. The Morgan fingerprint density at radius 2 is 2.27 bits per heavy atom. The molecule has 0 bridgehead atoms. The second kappa shape index (κ2) is 2.86. The van der Waals surface area contributed by atoms with E-state index in [-0.39, 0.29) is 0 Å². The maximum atomic E-state index is 4.24. The molecule has 2 aromatic rings. The number of hydrogen-bond acceptors (Lipinski definition) is 1. The Labute approximate surface area is 88.9 Å². The van der Waals surface area contributed by atoms with Crippen LogP contribution in [0.3, 0.4) is 0 Å². The van der Waals surface area contributed by atoms with Gasteiger partial charge >= 0.3 is 89.4 Å². The molecular formula is C7H4BrN2Tl. The van der Waals surface area contributed by atoms with E-state index in [1.165, 1.54) is 5.52 Å². The fourth-order valence-electron chi connectivity index (χ4n) is 0.999. The third-order valence-corrected chi connectivity index (χ3v) is 3.63. The second-order valence-electron chi connectivity index (χ2n) is 2.28. The third-order valence-electron chi connectivity index (χ3n) is 1.54. The van der Waals surface area contributed by atoms with Crippen molar-refractivity contribution in [1.29, 1.82) is 0 Å². The number of nitrogens with zero attached hydrogens (tertiary/aromatic N) is 2. The summed E-state index contributed by atoms with van der Waals surface area (Å²) in [5, 5.41) is 0. The monoisotopic (exact) mass is 400 g/mol. The first kappa shape index (κ1) is 7.73. The van der Waals surface area contributed by atoms with Crippen molar-refractivity contribution in [3.8, 4) is 0 Å². The first-order chi connectivity index (χ1) is 5.27. The summed E-state index contributed by atoms with van der Waals surface area (Å²) in [4.78, 5) is 4.24. The summed E-state index contributed by atoms with van der Waals surface area (Å²) in [6.45, 7) is 0. The Bertz CT molecular complexity index is 396. The summed E-state index contributed by atoms with van der Waals surface area (Å²) < 4.78 is 3.28. The van der Waals surface area contributed by atoms with E-state index in [1.807, 2.05) is 18.5 Å². The van der Waals surface area contributed by atoms with E-state index < -0.39 is 0 Å². The fourth-order valence-corrected chi connectivity index (χ4v) is 2.41. The van der Waals surface area contributed by atoms with Crippen molar-refractivity contribution in [3.63, 3.8) is 0 Å². The molecule has 0 unspecified atom stereocenters. The SMILES string of the molecule is Brc1ccc2nc[n]([Tl])c2c1. The van der Waals surface area contributed by atoms with Gasteiger partial charge in [-0.25, -0.2) is 0 Å². The van der Waals surface area contributed by atoms with Gasteiger partial charge in [-0.3, -0.25) is 0 Å². The third kappa shape index (κ3) is 1.35. The van der Waals surface area contributed by atoms with Gasteiger partial charge in [0.1, 0.15) is 0 Å². The van der Waals surface area contributed by atoms with E-state index in [9.17, 15) is 0 Å². The first-order valence-electron chi connectivity index (χ1n) is 3.15. The Kier molecular flexibility index (Phi) is 2.01. The van der Waals surface area contributed by atoms with Crippen molar-refractivity contribution in [3.05, 3.63) is 29.0 Å². The molecule has 0 spiro atoms. The zero-order valence-electron chi connectivity index (χ0n) is 5.66. The number of halogens is 1. The van der Waals surface area contributed by atoms with Gasteiger partial charge in [-0.2, -0.15) is 0 Å². The van der Waals surface area contributed by atoms with Crippen LogP contribution in [0.1, 0.15) is 0 Å². The summed E-state index contributed by atoms with van der Waals surface area (Å²) in [6, 6.07) is 6.14. The predicted octanol–water partition coefficient (Wildman–Crippen LogP) is 1.73. The van der Waals surface area contributed by atoms with Crippen LogP contribution in [0, 0.1) is 0 Å². The molecule has 0 aliphatic carbocycles. The van der Waals surface area contributed by atoms with E-state index in [0.717, 1.165) is 36.1 Å². The van der Waals surface area contributed by atoms with Gasteiger partial charge in [0, 0.05) is 0 Å². The van der Waals surface area contributed by atoms with Crippen LogP contribution in [-0.2, 0) is 0 Å². The Morgan fingerprint density at radius 3 is 3.09 bits per heavy atom. The van der Waals surface area contributed by atoms with Gasteiger partial charge in [-0.05, 0) is 0 Å². The van der Waals surface area contributed by atoms with Crippen molar-refractivity contribution in [2.24, 2.45) is 0 Å². The van der Waals surface area contributed by atoms with Gasteiger partial charge in [0.15, 0.2) is 0 Å². The zero-order valence-corrected chi connectivity index (χ0v) is 11.7. The number of benzene rings is 1. The summed E-state index contributed by atoms with van der Waals surface area (Å²) in [5.74, 6) is 0. The summed E-state index contributed by atoms with van der Waals surface area (Å²) in [6.07, 6.45) is 1.89. The van der Waals surface area contributed by atoms with Crippen LogP contribution in [0.2, 0.25) is 0 Å². The molecule has 1 aromatic carbocycles. The molecule has 2 rings (SSSR count). The molecule has 0 amide bonds. The van der Waals surface area contributed by atoms with E-state index >= 15 is 0 Å². The van der Waals surface area contributed by atoms with Crippen LogP contribution in [0.25, 0.3) is 11.0 Å². The molecule has 0 saturated heterocycles. The molecule has 1 heterocycles. The van der Waals surface area contributed by atoms with Crippen LogP contribution in [0.15, 0.2) is 29.0 Å². The fraction of sp³-hybridized carbons (Fsp3) is 0. The zero-order chi connectivity index (χ0) is 7.84. The standard InChI is InChI=1S/C7H4BrN2.Tl/c8-5-1-2-6-7(3-5)10-4-9-6;/h1-4H;/q-1;+1. The number of imidazole rings is 1. The van der Waals surface area contributed by atoms with E-state index in [0.29, 0.717) is 0 Å². The summed E-state index contributed by atoms with van der Waals surface area (Å²) in [5.41, 5.74) is 2.31.